The second-order valence-corrected chi connectivity index (χ2v) is 3.93. The Balaban J connectivity index is 2.35. The Hall–Kier alpha value is -2.34. The first kappa shape index (κ1) is 11.2. The topological polar surface area (TPSA) is 48.7 Å². The van der Waals surface area contributed by atoms with Gasteiger partial charge in [-0.3, -0.25) is 0 Å². The van der Waals surface area contributed by atoms with Gasteiger partial charge in [-0.25, -0.2) is 4.98 Å². The summed E-state index contributed by atoms with van der Waals surface area (Å²) in [4.78, 5) is 3.94. The lowest BCUT2D eigenvalue weighted by Gasteiger charge is -2.12. The molecule has 1 heterocycles. The van der Waals surface area contributed by atoms with Crippen LogP contribution in [0.4, 0.5) is 11.4 Å². The Kier molecular flexibility index (Phi) is 3.06. The minimum atomic E-state index is 0.418. The molecular formula is C14H13N3. The summed E-state index contributed by atoms with van der Waals surface area (Å²) in [5.41, 5.74) is 4.75. The van der Waals surface area contributed by atoms with Crippen molar-refractivity contribution in [1.29, 1.82) is 5.26 Å². The predicted octanol–water partition coefficient (Wildman–Crippen LogP) is 3.31. The normalized spacial score (nSPS) is 9.71. The van der Waals surface area contributed by atoms with E-state index < -0.39 is 0 Å². The van der Waals surface area contributed by atoms with E-state index in [1.165, 1.54) is 11.1 Å². The summed E-state index contributed by atoms with van der Waals surface area (Å²) < 4.78 is 0. The second kappa shape index (κ2) is 4.67. The fourth-order valence-corrected chi connectivity index (χ4v) is 1.73. The van der Waals surface area contributed by atoms with Crippen LogP contribution in [0.1, 0.15) is 16.8 Å². The summed E-state index contributed by atoms with van der Waals surface area (Å²) in [6.07, 6.45) is 1.63. The standard InChI is InChI=1S/C14H13N3/c1-10-4-3-5-11(2)14(10)17-12-6-7-16-13(8-12)9-15/h3-8H,1-2H3,(H,16,17). The summed E-state index contributed by atoms with van der Waals surface area (Å²) in [5.74, 6) is 0. The molecule has 1 aromatic carbocycles. The van der Waals surface area contributed by atoms with Crippen molar-refractivity contribution in [2.75, 3.05) is 5.32 Å². The number of nitrogens with one attached hydrogen (secondary N) is 1. The number of pyridine rings is 1. The molecule has 0 aliphatic carbocycles. The molecule has 3 heteroatoms. The third kappa shape index (κ3) is 2.43. The van der Waals surface area contributed by atoms with E-state index in [0.29, 0.717) is 5.69 Å². The number of aryl methyl sites for hydroxylation is 2. The van der Waals surface area contributed by atoms with Gasteiger partial charge in [-0.2, -0.15) is 5.26 Å². The van der Waals surface area contributed by atoms with Crippen LogP contribution in [-0.4, -0.2) is 4.98 Å². The minimum Gasteiger partial charge on any atom is -0.355 e. The lowest BCUT2D eigenvalue weighted by Crippen LogP contribution is -1.96. The highest BCUT2D eigenvalue weighted by molar-refractivity contribution is 5.66. The molecule has 0 radical (unpaired) electrons. The Morgan fingerprint density at radius 3 is 2.53 bits per heavy atom. The first-order valence-electron chi connectivity index (χ1n) is 5.40. The Labute approximate surface area is 101 Å². The minimum absolute atomic E-state index is 0.418. The number of hydrogen-bond acceptors (Lipinski definition) is 3. The summed E-state index contributed by atoms with van der Waals surface area (Å²) in [5, 5.41) is 12.1. The van der Waals surface area contributed by atoms with Crippen molar-refractivity contribution < 1.29 is 0 Å². The highest BCUT2D eigenvalue weighted by Gasteiger charge is 2.03. The van der Waals surface area contributed by atoms with Crippen molar-refractivity contribution in [2.45, 2.75) is 13.8 Å². The van der Waals surface area contributed by atoms with Gasteiger partial charge in [-0.1, -0.05) is 18.2 Å². The molecular weight excluding hydrogens is 210 g/mol. The number of rotatable bonds is 2. The van der Waals surface area contributed by atoms with Crippen LogP contribution in [0.15, 0.2) is 36.5 Å². The Morgan fingerprint density at radius 1 is 1.18 bits per heavy atom. The van der Waals surface area contributed by atoms with Crippen LogP contribution < -0.4 is 5.32 Å². The van der Waals surface area contributed by atoms with E-state index in [0.717, 1.165) is 11.4 Å². The molecule has 0 aliphatic heterocycles. The van der Waals surface area contributed by atoms with Crippen molar-refractivity contribution in [1.82, 2.24) is 4.98 Å². The van der Waals surface area contributed by atoms with Crippen LogP contribution in [0.25, 0.3) is 0 Å². The maximum Gasteiger partial charge on any atom is 0.142 e. The maximum absolute atomic E-state index is 8.80. The highest BCUT2D eigenvalue weighted by atomic mass is 14.9. The molecule has 0 unspecified atom stereocenters. The molecule has 0 spiro atoms. The maximum atomic E-state index is 8.80. The average molecular weight is 223 g/mol. The highest BCUT2D eigenvalue weighted by Crippen LogP contribution is 2.24. The smallest absolute Gasteiger partial charge is 0.142 e. The molecule has 1 aromatic heterocycles. The van der Waals surface area contributed by atoms with Crippen molar-refractivity contribution in [2.24, 2.45) is 0 Å². The lowest BCUT2D eigenvalue weighted by atomic mass is 10.1. The van der Waals surface area contributed by atoms with Gasteiger partial charge in [0, 0.05) is 17.6 Å². The zero-order valence-electron chi connectivity index (χ0n) is 9.86. The van der Waals surface area contributed by atoms with E-state index in [1.54, 1.807) is 12.3 Å². The van der Waals surface area contributed by atoms with E-state index in [4.69, 9.17) is 5.26 Å². The van der Waals surface area contributed by atoms with Crippen LogP contribution in [0, 0.1) is 25.2 Å². The number of nitrogens with zero attached hydrogens (tertiary/aromatic N) is 2. The van der Waals surface area contributed by atoms with Crippen molar-refractivity contribution in [3.63, 3.8) is 0 Å². The summed E-state index contributed by atoms with van der Waals surface area (Å²) in [6, 6.07) is 11.8. The van der Waals surface area contributed by atoms with Crippen LogP contribution >= 0.6 is 0 Å². The molecule has 0 bridgehead atoms. The number of aromatic nitrogens is 1. The van der Waals surface area contributed by atoms with Gasteiger partial charge in [0.2, 0.25) is 0 Å². The van der Waals surface area contributed by atoms with Gasteiger partial charge < -0.3 is 5.32 Å². The van der Waals surface area contributed by atoms with Gasteiger partial charge in [0.25, 0.3) is 0 Å². The molecule has 1 N–H and O–H groups in total. The van der Waals surface area contributed by atoms with Gasteiger partial charge in [-0.05, 0) is 37.1 Å². The monoisotopic (exact) mass is 223 g/mol. The van der Waals surface area contributed by atoms with E-state index in [-0.39, 0.29) is 0 Å². The zero-order chi connectivity index (χ0) is 12.3. The lowest BCUT2D eigenvalue weighted by molar-refractivity contribution is 1.26. The fourth-order valence-electron chi connectivity index (χ4n) is 1.73. The number of anilines is 2. The fraction of sp³-hybridized carbons (Fsp3) is 0.143. The molecule has 0 fully saturated rings. The number of para-hydroxylation sites is 1. The van der Waals surface area contributed by atoms with Gasteiger partial charge >= 0.3 is 0 Å². The SMILES string of the molecule is Cc1cccc(C)c1Nc1ccnc(C#N)c1. The summed E-state index contributed by atoms with van der Waals surface area (Å²) in [7, 11) is 0. The van der Waals surface area contributed by atoms with Gasteiger partial charge in [0.15, 0.2) is 0 Å². The molecule has 0 saturated heterocycles. The first-order valence-corrected chi connectivity index (χ1v) is 5.40. The van der Waals surface area contributed by atoms with Gasteiger partial charge in [0.1, 0.15) is 11.8 Å². The molecule has 2 rings (SSSR count). The van der Waals surface area contributed by atoms with Gasteiger partial charge in [-0.15, -0.1) is 0 Å². The molecule has 3 nitrogen and oxygen atoms in total. The number of hydrogen-bond donors (Lipinski definition) is 1. The summed E-state index contributed by atoms with van der Waals surface area (Å²) in [6.45, 7) is 4.11. The Bertz CT molecular complexity index is 562. The van der Waals surface area contributed by atoms with Crippen molar-refractivity contribution >= 4 is 11.4 Å². The van der Waals surface area contributed by atoms with Crippen molar-refractivity contribution in [3.05, 3.63) is 53.3 Å². The summed E-state index contributed by atoms with van der Waals surface area (Å²) >= 11 is 0. The zero-order valence-corrected chi connectivity index (χ0v) is 9.86. The number of nitriles is 1. The molecule has 0 aliphatic rings. The van der Waals surface area contributed by atoms with Crippen LogP contribution in [0.5, 0.6) is 0 Å². The van der Waals surface area contributed by atoms with Crippen LogP contribution in [0.3, 0.4) is 0 Å². The number of benzene rings is 1. The van der Waals surface area contributed by atoms with Crippen LogP contribution in [0.2, 0.25) is 0 Å². The molecule has 0 atom stereocenters. The Morgan fingerprint density at radius 2 is 1.88 bits per heavy atom. The van der Waals surface area contributed by atoms with Crippen LogP contribution in [-0.2, 0) is 0 Å². The van der Waals surface area contributed by atoms with Crippen molar-refractivity contribution in [3.8, 4) is 6.07 Å². The first-order chi connectivity index (χ1) is 8.20. The van der Waals surface area contributed by atoms with E-state index in [2.05, 4.69) is 36.3 Å². The molecule has 2 aromatic rings. The van der Waals surface area contributed by atoms with E-state index in [9.17, 15) is 0 Å². The van der Waals surface area contributed by atoms with Gasteiger partial charge in [0.05, 0.1) is 0 Å². The largest absolute Gasteiger partial charge is 0.355 e. The van der Waals surface area contributed by atoms with E-state index in [1.807, 2.05) is 18.2 Å². The third-order valence-electron chi connectivity index (χ3n) is 2.62. The third-order valence-corrected chi connectivity index (χ3v) is 2.62. The van der Waals surface area contributed by atoms with E-state index >= 15 is 0 Å². The average Bonchev–Trinajstić information content (AvgIpc) is 2.34. The molecule has 0 saturated carbocycles. The quantitative estimate of drug-likeness (QED) is 0.849. The second-order valence-electron chi connectivity index (χ2n) is 3.93. The molecule has 0 amide bonds. The molecule has 17 heavy (non-hydrogen) atoms. The molecule has 84 valence electrons. The predicted molar refractivity (Wildman–Crippen MR) is 68.2 cm³/mol.